The molecule has 1 aromatic carbocycles. The Morgan fingerprint density at radius 1 is 1.29 bits per heavy atom. The molecule has 0 saturated carbocycles. The van der Waals surface area contributed by atoms with Crippen molar-refractivity contribution in [3.63, 3.8) is 0 Å². The molecule has 0 aromatic heterocycles. The first-order valence-electron chi connectivity index (χ1n) is 5.03. The molecule has 0 atom stereocenters. The summed E-state index contributed by atoms with van der Waals surface area (Å²) in [6.45, 7) is 8.16. The van der Waals surface area contributed by atoms with Crippen LogP contribution in [-0.4, -0.2) is 13.7 Å². The van der Waals surface area contributed by atoms with Gasteiger partial charge in [0.25, 0.3) is 0 Å². The Labute approximate surface area is 86.3 Å². The Bertz CT molecular complexity index is 307. The van der Waals surface area contributed by atoms with E-state index in [9.17, 15) is 0 Å². The van der Waals surface area contributed by atoms with Crippen LogP contribution in [0.3, 0.4) is 0 Å². The third kappa shape index (κ3) is 2.48. The Kier molecular flexibility index (Phi) is 3.96. The second kappa shape index (κ2) is 5.01. The highest BCUT2D eigenvalue weighted by Crippen LogP contribution is 2.24. The first-order chi connectivity index (χ1) is 6.69. The predicted octanol–water partition coefficient (Wildman–Crippen LogP) is 2.42. The third-order valence-electron chi connectivity index (χ3n) is 2.27. The Morgan fingerprint density at radius 2 is 2.00 bits per heavy atom. The van der Waals surface area contributed by atoms with Crippen LogP contribution < -0.4 is 10.1 Å². The van der Waals surface area contributed by atoms with Crippen LogP contribution in [0.4, 0.5) is 0 Å². The fraction of sp³-hybridized carbons (Fsp3) is 0.500. The summed E-state index contributed by atoms with van der Waals surface area (Å²) in [6.07, 6.45) is 0. The topological polar surface area (TPSA) is 21.3 Å². The number of benzene rings is 1. The molecular formula is C12H19NO. The molecule has 0 aliphatic carbocycles. The van der Waals surface area contributed by atoms with Crippen LogP contribution in [0.15, 0.2) is 12.1 Å². The van der Waals surface area contributed by atoms with Crippen molar-refractivity contribution in [1.82, 2.24) is 5.32 Å². The van der Waals surface area contributed by atoms with E-state index >= 15 is 0 Å². The number of ether oxygens (including phenoxy) is 1. The molecule has 0 bridgehead atoms. The van der Waals surface area contributed by atoms with E-state index in [1.165, 1.54) is 16.7 Å². The lowest BCUT2D eigenvalue weighted by Crippen LogP contribution is -2.13. The van der Waals surface area contributed by atoms with Gasteiger partial charge >= 0.3 is 0 Å². The van der Waals surface area contributed by atoms with Crippen molar-refractivity contribution in [2.24, 2.45) is 0 Å². The second-order valence-electron chi connectivity index (χ2n) is 3.55. The zero-order valence-corrected chi connectivity index (χ0v) is 9.48. The summed E-state index contributed by atoms with van der Waals surface area (Å²) in [4.78, 5) is 0. The zero-order chi connectivity index (χ0) is 10.6. The summed E-state index contributed by atoms with van der Waals surface area (Å²) < 4.78 is 5.39. The minimum atomic E-state index is 0.877. The highest BCUT2D eigenvalue weighted by atomic mass is 16.5. The van der Waals surface area contributed by atoms with E-state index in [2.05, 4.69) is 38.2 Å². The molecule has 0 radical (unpaired) electrons. The summed E-state index contributed by atoms with van der Waals surface area (Å²) in [5.74, 6) is 1.01. The van der Waals surface area contributed by atoms with Crippen molar-refractivity contribution in [3.8, 4) is 5.75 Å². The van der Waals surface area contributed by atoms with Crippen LogP contribution in [0.1, 0.15) is 23.6 Å². The lowest BCUT2D eigenvalue weighted by Gasteiger charge is -2.12. The highest BCUT2D eigenvalue weighted by Gasteiger charge is 2.06. The maximum absolute atomic E-state index is 5.39. The van der Waals surface area contributed by atoms with Crippen LogP contribution in [0.25, 0.3) is 0 Å². The smallest absolute Gasteiger partial charge is 0.126 e. The quantitative estimate of drug-likeness (QED) is 0.793. The molecule has 14 heavy (non-hydrogen) atoms. The minimum Gasteiger partial charge on any atom is -0.496 e. The van der Waals surface area contributed by atoms with Crippen molar-refractivity contribution in [1.29, 1.82) is 0 Å². The van der Waals surface area contributed by atoms with Crippen molar-refractivity contribution < 1.29 is 4.74 Å². The molecule has 0 heterocycles. The van der Waals surface area contributed by atoms with Crippen LogP contribution in [0.5, 0.6) is 5.75 Å². The largest absolute Gasteiger partial charge is 0.496 e. The van der Waals surface area contributed by atoms with Crippen molar-refractivity contribution in [2.45, 2.75) is 27.3 Å². The summed E-state index contributed by atoms with van der Waals surface area (Å²) in [7, 11) is 1.73. The zero-order valence-electron chi connectivity index (χ0n) is 9.48. The minimum absolute atomic E-state index is 0.877. The maximum Gasteiger partial charge on any atom is 0.126 e. The van der Waals surface area contributed by atoms with E-state index in [0.29, 0.717) is 0 Å². The van der Waals surface area contributed by atoms with E-state index in [-0.39, 0.29) is 0 Å². The van der Waals surface area contributed by atoms with Crippen molar-refractivity contribution in [2.75, 3.05) is 13.7 Å². The molecule has 2 heteroatoms. The molecule has 2 nitrogen and oxygen atoms in total. The first kappa shape index (κ1) is 11.1. The number of aryl methyl sites for hydroxylation is 2. The molecule has 1 N–H and O–H groups in total. The van der Waals surface area contributed by atoms with Gasteiger partial charge < -0.3 is 10.1 Å². The molecule has 0 aliphatic rings. The molecule has 0 unspecified atom stereocenters. The van der Waals surface area contributed by atoms with Gasteiger partial charge in [0.2, 0.25) is 0 Å². The number of hydrogen-bond acceptors (Lipinski definition) is 2. The summed E-state index contributed by atoms with van der Waals surface area (Å²) in [5, 5.41) is 3.31. The normalized spacial score (nSPS) is 10.3. The third-order valence-corrected chi connectivity index (χ3v) is 2.27. The Morgan fingerprint density at radius 3 is 2.57 bits per heavy atom. The molecule has 0 spiro atoms. The average Bonchev–Trinajstić information content (AvgIpc) is 2.14. The lowest BCUT2D eigenvalue weighted by atomic mass is 10.1. The number of nitrogens with one attached hydrogen (secondary N) is 1. The van der Waals surface area contributed by atoms with Gasteiger partial charge in [-0.1, -0.05) is 24.6 Å². The number of rotatable bonds is 4. The molecule has 0 fully saturated rings. The molecule has 0 amide bonds. The Hall–Kier alpha value is -1.02. The average molecular weight is 193 g/mol. The van der Waals surface area contributed by atoms with Gasteiger partial charge in [0.05, 0.1) is 7.11 Å². The first-order valence-corrected chi connectivity index (χ1v) is 5.03. The summed E-state index contributed by atoms with van der Waals surface area (Å²) in [6, 6.07) is 4.32. The van der Waals surface area contributed by atoms with Gasteiger partial charge in [-0.3, -0.25) is 0 Å². The standard InChI is InChI=1S/C12H19NO/c1-5-13-8-11-7-9(2)6-10(3)12(11)14-4/h6-7,13H,5,8H2,1-4H3. The monoisotopic (exact) mass is 193 g/mol. The molecular weight excluding hydrogens is 174 g/mol. The van der Waals surface area contributed by atoms with Gasteiger partial charge in [-0.05, 0) is 26.0 Å². The fourth-order valence-electron chi connectivity index (χ4n) is 1.73. The van der Waals surface area contributed by atoms with Gasteiger partial charge in [-0.25, -0.2) is 0 Å². The molecule has 1 aromatic rings. The molecule has 0 aliphatic heterocycles. The van der Waals surface area contributed by atoms with E-state index in [1.807, 2.05) is 0 Å². The molecule has 78 valence electrons. The van der Waals surface area contributed by atoms with Gasteiger partial charge in [-0.2, -0.15) is 0 Å². The fourth-order valence-corrected chi connectivity index (χ4v) is 1.73. The van der Waals surface area contributed by atoms with Gasteiger partial charge in [0.15, 0.2) is 0 Å². The molecule has 0 saturated heterocycles. The van der Waals surface area contributed by atoms with Gasteiger partial charge in [0.1, 0.15) is 5.75 Å². The van der Waals surface area contributed by atoms with Crippen LogP contribution in [-0.2, 0) is 6.54 Å². The van der Waals surface area contributed by atoms with E-state index in [0.717, 1.165) is 18.8 Å². The summed E-state index contributed by atoms with van der Waals surface area (Å²) in [5.41, 5.74) is 3.74. The van der Waals surface area contributed by atoms with E-state index in [1.54, 1.807) is 7.11 Å². The highest BCUT2D eigenvalue weighted by molar-refractivity contribution is 5.43. The number of methoxy groups -OCH3 is 1. The van der Waals surface area contributed by atoms with E-state index in [4.69, 9.17) is 4.74 Å². The van der Waals surface area contributed by atoms with Gasteiger partial charge in [-0.15, -0.1) is 0 Å². The van der Waals surface area contributed by atoms with Crippen molar-refractivity contribution >= 4 is 0 Å². The van der Waals surface area contributed by atoms with E-state index < -0.39 is 0 Å². The maximum atomic E-state index is 5.39. The van der Waals surface area contributed by atoms with Crippen LogP contribution in [0.2, 0.25) is 0 Å². The van der Waals surface area contributed by atoms with Crippen LogP contribution >= 0.6 is 0 Å². The predicted molar refractivity (Wildman–Crippen MR) is 59.8 cm³/mol. The summed E-state index contributed by atoms with van der Waals surface area (Å²) >= 11 is 0. The SMILES string of the molecule is CCNCc1cc(C)cc(C)c1OC. The lowest BCUT2D eigenvalue weighted by molar-refractivity contribution is 0.404. The second-order valence-corrected chi connectivity index (χ2v) is 3.55. The molecule has 1 rings (SSSR count). The number of hydrogen-bond donors (Lipinski definition) is 1. The Balaban J connectivity index is 2.99. The van der Waals surface area contributed by atoms with Gasteiger partial charge in [0, 0.05) is 12.1 Å². The van der Waals surface area contributed by atoms with Crippen molar-refractivity contribution in [3.05, 3.63) is 28.8 Å². The van der Waals surface area contributed by atoms with Crippen LogP contribution in [0, 0.1) is 13.8 Å².